The van der Waals surface area contributed by atoms with Gasteiger partial charge in [0.2, 0.25) is 0 Å². The number of carbonyl (C=O) groups excluding carboxylic acids is 1. The number of hydrogen-bond acceptors (Lipinski definition) is 6. The number of fused-ring (bicyclic) bond motifs is 1. The topological polar surface area (TPSA) is 72.7 Å². The molecule has 0 spiro atoms. The van der Waals surface area contributed by atoms with Crippen LogP contribution in [0, 0.1) is 10.1 Å². The maximum Gasteiger partial charge on any atom is 0.419 e. The molecule has 0 atom stereocenters. The molecule has 1 aliphatic heterocycles. The average Bonchev–Trinajstić information content (AvgIpc) is 2.98. The summed E-state index contributed by atoms with van der Waals surface area (Å²) in [5.41, 5.74) is 0.863. The number of thioether (sulfide) groups is 1. The zero-order chi connectivity index (χ0) is 16.4. The Labute approximate surface area is 141 Å². The second kappa shape index (κ2) is 6.59. The number of nitro benzene ring substituents is 1. The third-order valence-corrected chi connectivity index (χ3v) is 5.92. The number of nitrogens with zero attached hydrogens (tertiary/aromatic N) is 2. The van der Waals surface area contributed by atoms with Gasteiger partial charge >= 0.3 is 6.09 Å². The first-order valence-corrected chi connectivity index (χ1v) is 8.88. The minimum atomic E-state index is -0.489. The standard InChI is InChI=1S/C15H14N2O4S2/c1-2-12-9-13-14(23-12)22-8-7-16(13)15(18)21-11-5-3-10(4-6-11)17(19)20/h3-6,9H,2,7-8H2,1H3. The molecule has 6 nitrogen and oxygen atoms in total. The van der Waals surface area contributed by atoms with E-state index in [0.717, 1.165) is 22.1 Å². The summed E-state index contributed by atoms with van der Waals surface area (Å²) in [5.74, 6) is 1.12. The quantitative estimate of drug-likeness (QED) is 0.608. The van der Waals surface area contributed by atoms with Gasteiger partial charge in [0.15, 0.2) is 0 Å². The lowest BCUT2D eigenvalue weighted by atomic mass is 10.3. The van der Waals surface area contributed by atoms with Gasteiger partial charge in [-0.05, 0) is 24.6 Å². The van der Waals surface area contributed by atoms with Crippen LogP contribution < -0.4 is 9.64 Å². The number of thiophene rings is 1. The average molecular weight is 350 g/mol. The predicted octanol–water partition coefficient (Wildman–Crippen LogP) is 4.33. The summed E-state index contributed by atoms with van der Waals surface area (Å²) in [4.78, 5) is 25.4. The maximum atomic E-state index is 12.4. The molecule has 0 saturated heterocycles. The molecule has 0 fully saturated rings. The molecule has 0 aliphatic carbocycles. The van der Waals surface area contributed by atoms with Gasteiger partial charge in [-0.25, -0.2) is 4.79 Å². The summed E-state index contributed by atoms with van der Waals surface area (Å²) in [6, 6.07) is 7.53. The van der Waals surface area contributed by atoms with Gasteiger partial charge in [-0.15, -0.1) is 23.1 Å². The fourth-order valence-corrected chi connectivity index (χ4v) is 4.62. The van der Waals surface area contributed by atoms with Gasteiger partial charge in [-0.3, -0.25) is 15.0 Å². The van der Waals surface area contributed by atoms with Crippen molar-refractivity contribution in [2.45, 2.75) is 17.6 Å². The van der Waals surface area contributed by atoms with E-state index in [1.165, 1.54) is 29.1 Å². The molecule has 0 radical (unpaired) electrons. The molecule has 0 unspecified atom stereocenters. The van der Waals surface area contributed by atoms with Crippen LogP contribution in [0.4, 0.5) is 16.2 Å². The molecule has 2 aromatic rings. The molecule has 8 heteroatoms. The Bertz CT molecular complexity index is 742. The van der Waals surface area contributed by atoms with E-state index in [1.807, 2.05) is 6.07 Å². The maximum absolute atomic E-state index is 12.4. The van der Waals surface area contributed by atoms with E-state index < -0.39 is 11.0 Å². The van der Waals surface area contributed by atoms with Crippen molar-refractivity contribution in [3.05, 3.63) is 45.3 Å². The van der Waals surface area contributed by atoms with Crippen molar-refractivity contribution < 1.29 is 14.5 Å². The summed E-state index contributed by atoms with van der Waals surface area (Å²) in [5, 5.41) is 10.6. The van der Waals surface area contributed by atoms with Crippen LogP contribution >= 0.6 is 23.1 Å². The van der Waals surface area contributed by atoms with Gasteiger partial charge in [-0.1, -0.05) is 6.92 Å². The number of non-ortho nitro benzene ring substituents is 1. The van der Waals surface area contributed by atoms with Gasteiger partial charge in [0.1, 0.15) is 5.75 Å². The monoisotopic (exact) mass is 350 g/mol. The summed E-state index contributed by atoms with van der Waals surface area (Å²) in [6.45, 7) is 2.67. The van der Waals surface area contributed by atoms with Crippen LogP contribution in [0.15, 0.2) is 34.5 Å². The number of hydrogen-bond donors (Lipinski definition) is 0. The smallest absolute Gasteiger partial charge is 0.410 e. The van der Waals surface area contributed by atoms with Crippen LogP contribution in [0.25, 0.3) is 0 Å². The van der Waals surface area contributed by atoms with Crippen LogP contribution in [0.5, 0.6) is 5.75 Å². The number of anilines is 1. The van der Waals surface area contributed by atoms with E-state index in [1.54, 1.807) is 28.0 Å². The van der Waals surface area contributed by atoms with Gasteiger partial charge < -0.3 is 4.74 Å². The van der Waals surface area contributed by atoms with Crippen molar-refractivity contribution in [2.75, 3.05) is 17.2 Å². The lowest BCUT2D eigenvalue weighted by Crippen LogP contribution is -2.37. The molecule has 2 heterocycles. The highest BCUT2D eigenvalue weighted by Gasteiger charge is 2.27. The highest BCUT2D eigenvalue weighted by atomic mass is 32.2. The summed E-state index contributed by atoms with van der Waals surface area (Å²) in [6.07, 6.45) is 0.476. The van der Waals surface area contributed by atoms with Crippen molar-refractivity contribution in [3.8, 4) is 5.75 Å². The highest BCUT2D eigenvalue weighted by Crippen LogP contribution is 2.42. The van der Waals surface area contributed by atoms with Crippen molar-refractivity contribution >= 4 is 40.6 Å². The van der Waals surface area contributed by atoms with Gasteiger partial charge in [0.05, 0.1) is 14.8 Å². The fourth-order valence-electron chi connectivity index (χ4n) is 2.21. The highest BCUT2D eigenvalue weighted by molar-refractivity contribution is 8.01. The van der Waals surface area contributed by atoms with Crippen molar-refractivity contribution in [3.63, 3.8) is 0 Å². The second-order valence-corrected chi connectivity index (χ2v) is 7.36. The van der Waals surface area contributed by atoms with Gasteiger partial charge in [0.25, 0.3) is 5.69 Å². The number of ether oxygens (including phenoxy) is 1. The normalized spacial score (nSPS) is 13.5. The molecule has 3 rings (SSSR count). The Morgan fingerprint density at radius 1 is 1.39 bits per heavy atom. The third kappa shape index (κ3) is 3.32. The molecule has 23 heavy (non-hydrogen) atoms. The Morgan fingerprint density at radius 3 is 2.78 bits per heavy atom. The first kappa shape index (κ1) is 15.8. The minimum Gasteiger partial charge on any atom is -0.410 e. The molecular weight excluding hydrogens is 336 g/mol. The van der Waals surface area contributed by atoms with E-state index in [2.05, 4.69) is 6.92 Å². The third-order valence-electron chi connectivity index (χ3n) is 3.39. The number of amides is 1. The predicted molar refractivity (Wildman–Crippen MR) is 90.9 cm³/mol. The van der Waals surface area contributed by atoms with E-state index >= 15 is 0 Å². The van der Waals surface area contributed by atoms with Crippen LogP contribution in [0.2, 0.25) is 0 Å². The second-order valence-electron chi connectivity index (χ2n) is 4.86. The lowest BCUT2D eigenvalue weighted by molar-refractivity contribution is -0.384. The molecule has 0 saturated carbocycles. The first-order chi connectivity index (χ1) is 11.1. The van der Waals surface area contributed by atoms with Crippen LogP contribution in [0.3, 0.4) is 0 Å². The SMILES string of the molecule is CCc1cc2c(s1)SCCN2C(=O)Oc1ccc([N+](=O)[O-])cc1. The summed E-state index contributed by atoms with van der Waals surface area (Å²) >= 11 is 3.46. The van der Waals surface area contributed by atoms with Crippen LogP contribution in [0.1, 0.15) is 11.8 Å². The largest absolute Gasteiger partial charge is 0.419 e. The number of benzene rings is 1. The summed E-state index contributed by atoms with van der Waals surface area (Å²) in [7, 11) is 0. The number of nitro groups is 1. The molecular formula is C15H14N2O4S2. The summed E-state index contributed by atoms with van der Waals surface area (Å²) < 4.78 is 6.48. The molecule has 1 aromatic heterocycles. The van der Waals surface area contributed by atoms with Gasteiger partial charge in [-0.2, -0.15) is 0 Å². The zero-order valence-corrected chi connectivity index (χ0v) is 14.0. The first-order valence-electron chi connectivity index (χ1n) is 7.07. The Hall–Kier alpha value is -2.06. The van der Waals surface area contributed by atoms with E-state index in [0.29, 0.717) is 12.3 Å². The fraction of sp³-hybridized carbons (Fsp3) is 0.267. The molecule has 1 aromatic carbocycles. The minimum absolute atomic E-state index is 0.0353. The van der Waals surface area contributed by atoms with E-state index in [-0.39, 0.29) is 5.69 Å². The molecule has 0 bridgehead atoms. The number of carbonyl (C=O) groups is 1. The van der Waals surface area contributed by atoms with Crippen molar-refractivity contribution in [1.82, 2.24) is 0 Å². The Balaban J connectivity index is 1.76. The van der Waals surface area contributed by atoms with E-state index in [9.17, 15) is 14.9 Å². The van der Waals surface area contributed by atoms with Gasteiger partial charge in [0, 0.05) is 29.3 Å². The van der Waals surface area contributed by atoms with Crippen molar-refractivity contribution in [2.24, 2.45) is 0 Å². The van der Waals surface area contributed by atoms with Crippen LogP contribution in [-0.4, -0.2) is 23.3 Å². The Morgan fingerprint density at radius 2 is 2.13 bits per heavy atom. The molecule has 0 N–H and O–H groups in total. The number of rotatable bonds is 3. The molecule has 1 amide bonds. The zero-order valence-electron chi connectivity index (χ0n) is 12.4. The molecule has 120 valence electrons. The molecule has 1 aliphatic rings. The van der Waals surface area contributed by atoms with Crippen LogP contribution in [-0.2, 0) is 6.42 Å². The lowest BCUT2D eigenvalue weighted by Gasteiger charge is -2.25. The van der Waals surface area contributed by atoms with E-state index in [4.69, 9.17) is 4.74 Å². The van der Waals surface area contributed by atoms with Crippen molar-refractivity contribution in [1.29, 1.82) is 0 Å². The Kier molecular flexibility index (Phi) is 4.53. The number of aryl methyl sites for hydroxylation is 1.